The summed E-state index contributed by atoms with van der Waals surface area (Å²) in [5, 5.41) is 2.20. The fraction of sp³-hybridized carbons (Fsp3) is 0.480. The molecule has 2 aromatic carbocycles. The van der Waals surface area contributed by atoms with E-state index in [0.717, 1.165) is 30.0 Å². The van der Waals surface area contributed by atoms with Gasteiger partial charge in [0.05, 0.1) is 5.56 Å². The lowest BCUT2D eigenvalue weighted by atomic mass is 10.0. The Morgan fingerprint density at radius 3 is 2.33 bits per heavy atom. The molecule has 0 heterocycles. The van der Waals surface area contributed by atoms with Crippen molar-refractivity contribution in [2.45, 2.75) is 77.2 Å². The third-order valence-corrected chi connectivity index (χ3v) is 5.07. The molecule has 0 aliphatic carbocycles. The van der Waals surface area contributed by atoms with E-state index in [4.69, 9.17) is 4.74 Å². The molecule has 0 amide bonds. The molecular weight excluding hydrogens is 332 g/mol. The van der Waals surface area contributed by atoms with Gasteiger partial charge in [0.15, 0.2) is 0 Å². The van der Waals surface area contributed by atoms with Gasteiger partial charge in [-0.15, -0.1) is 6.58 Å². The third kappa shape index (κ3) is 7.58. The number of esters is 1. The molecule has 146 valence electrons. The van der Waals surface area contributed by atoms with Crippen LogP contribution in [0.1, 0.15) is 81.5 Å². The summed E-state index contributed by atoms with van der Waals surface area (Å²) < 4.78 is 5.78. The van der Waals surface area contributed by atoms with Gasteiger partial charge in [-0.25, -0.2) is 4.79 Å². The van der Waals surface area contributed by atoms with Crippen LogP contribution in [0, 0.1) is 0 Å². The Bertz CT molecular complexity index is 704. The van der Waals surface area contributed by atoms with Crippen LogP contribution < -0.4 is 0 Å². The molecule has 0 spiro atoms. The molecule has 2 nitrogen and oxygen atoms in total. The van der Waals surface area contributed by atoms with Gasteiger partial charge in [0.2, 0.25) is 0 Å². The highest BCUT2D eigenvalue weighted by molar-refractivity contribution is 5.95. The molecular formula is C25H34O2. The van der Waals surface area contributed by atoms with E-state index in [9.17, 15) is 4.79 Å². The van der Waals surface area contributed by atoms with Crippen LogP contribution in [0.5, 0.6) is 0 Å². The van der Waals surface area contributed by atoms with E-state index in [1.165, 1.54) is 44.9 Å². The molecule has 0 N–H and O–H groups in total. The summed E-state index contributed by atoms with van der Waals surface area (Å²) in [5.74, 6) is -0.229. The first-order valence-electron chi connectivity index (χ1n) is 10.5. The summed E-state index contributed by atoms with van der Waals surface area (Å²) in [6.07, 6.45) is 13.7. The second-order valence-corrected chi connectivity index (χ2v) is 7.38. The highest BCUT2D eigenvalue weighted by Gasteiger charge is 2.15. The maximum absolute atomic E-state index is 12.6. The fourth-order valence-electron chi connectivity index (χ4n) is 3.45. The van der Waals surface area contributed by atoms with Gasteiger partial charge in [0, 0.05) is 6.42 Å². The molecule has 0 fully saturated rings. The van der Waals surface area contributed by atoms with Crippen molar-refractivity contribution in [1.29, 1.82) is 0 Å². The van der Waals surface area contributed by atoms with Crippen molar-refractivity contribution in [3.8, 4) is 0 Å². The lowest BCUT2D eigenvalue weighted by Gasteiger charge is -2.16. The van der Waals surface area contributed by atoms with Crippen LogP contribution in [0.2, 0.25) is 0 Å². The molecule has 0 saturated heterocycles. The van der Waals surface area contributed by atoms with Crippen LogP contribution in [-0.2, 0) is 4.74 Å². The summed E-state index contributed by atoms with van der Waals surface area (Å²) in [6.45, 7) is 6.07. The first kappa shape index (κ1) is 21.2. The van der Waals surface area contributed by atoms with Gasteiger partial charge in [-0.3, -0.25) is 0 Å². The van der Waals surface area contributed by atoms with E-state index in [0.29, 0.717) is 5.56 Å². The first-order valence-corrected chi connectivity index (χ1v) is 10.5. The Kier molecular flexibility index (Phi) is 9.68. The number of carbonyl (C=O) groups is 1. The minimum absolute atomic E-state index is 0.0680. The molecule has 2 aromatic rings. The first-order chi connectivity index (χ1) is 13.2. The van der Waals surface area contributed by atoms with Crippen molar-refractivity contribution in [1.82, 2.24) is 0 Å². The number of unbranched alkanes of at least 4 members (excludes halogenated alkanes) is 7. The molecule has 0 radical (unpaired) electrons. The SMILES string of the molecule is C=CCC(CCCCCCCCCC)OC(=O)c1ccc2ccccc2c1. The van der Waals surface area contributed by atoms with Gasteiger partial charge in [0.25, 0.3) is 0 Å². The van der Waals surface area contributed by atoms with Crippen LogP contribution in [0.3, 0.4) is 0 Å². The zero-order valence-electron chi connectivity index (χ0n) is 16.8. The highest BCUT2D eigenvalue weighted by Crippen LogP contribution is 2.19. The van der Waals surface area contributed by atoms with E-state index < -0.39 is 0 Å². The normalized spacial score (nSPS) is 12.0. The minimum Gasteiger partial charge on any atom is -0.458 e. The van der Waals surface area contributed by atoms with Crippen LogP contribution in [0.25, 0.3) is 10.8 Å². The van der Waals surface area contributed by atoms with E-state index in [2.05, 4.69) is 13.5 Å². The van der Waals surface area contributed by atoms with Crippen LogP contribution in [0.15, 0.2) is 55.1 Å². The van der Waals surface area contributed by atoms with Gasteiger partial charge >= 0.3 is 5.97 Å². The van der Waals surface area contributed by atoms with Crippen molar-refractivity contribution in [3.05, 3.63) is 60.7 Å². The zero-order chi connectivity index (χ0) is 19.3. The topological polar surface area (TPSA) is 26.3 Å². The summed E-state index contributed by atoms with van der Waals surface area (Å²) in [7, 11) is 0. The second-order valence-electron chi connectivity index (χ2n) is 7.38. The Hall–Kier alpha value is -2.09. The molecule has 0 aliphatic heterocycles. The third-order valence-electron chi connectivity index (χ3n) is 5.07. The van der Waals surface area contributed by atoms with Crippen LogP contribution >= 0.6 is 0 Å². The molecule has 0 saturated carbocycles. The summed E-state index contributed by atoms with van der Waals surface area (Å²) in [5.41, 5.74) is 0.624. The van der Waals surface area contributed by atoms with Crippen molar-refractivity contribution in [2.24, 2.45) is 0 Å². The number of hydrogen-bond acceptors (Lipinski definition) is 2. The van der Waals surface area contributed by atoms with Gasteiger partial charge < -0.3 is 4.74 Å². The number of ether oxygens (including phenoxy) is 1. The smallest absolute Gasteiger partial charge is 0.338 e. The number of benzene rings is 2. The standard InChI is InChI=1S/C25H34O2/c1-3-5-6-7-8-9-10-11-17-24(14-4-2)27-25(26)23-19-18-21-15-12-13-16-22(21)20-23/h4,12-13,15-16,18-20,24H,2-3,5-11,14,17H2,1H3. The van der Waals surface area contributed by atoms with Crippen molar-refractivity contribution >= 4 is 16.7 Å². The summed E-state index contributed by atoms with van der Waals surface area (Å²) >= 11 is 0. The van der Waals surface area contributed by atoms with E-state index >= 15 is 0 Å². The van der Waals surface area contributed by atoms with Gasteiger partial charge in [0.1, 0.15) is 6.10 Å². The molecule has 1 unspecified atom stereocenters. The second kappa shape index (κ2) is 12.3. The predicted octanol–water partition coefficient (Wildman–Crippen LogP) is 7.47. The maximum Gasteiger partial charge on any atom is 0.338 e. The molecule has 1 atom stereocenters. The molecule has 0 aliphatic rings. The lowest BCUT2D eigenvalue weighted by molar-refractivity contribution is 0.0283. The molecule has 2 rings (SSSR count). The molecule has 0 aromatic heterocycles. The lowest BCUT2D eigenvalue weighted by Crippen LogP contribution is -2.18. The predicted molar refractivity (Wildman–Crippen MR) is 115 cm³/mol. The van der Waals surface area contributed by atoms with Gasteiger partial charge in [-0.1, -0.05) is 88.3 Å². The Labute approximate surface area is 164 Å². The van der Waals surface area contributed by atoms with E-state index in [-0.39, 0.29) is 12.1 Å². The summed E-state index contributed by atoms with van der Waals surface area (Å²) in [6, 6.07) is 13.8. The monoisotopic (exact) mass is 366 g/mol. The average Bonchev–Trinajstić information content (AvgIpc) is 2.69. The largest absolute Gasteiger partial charge is 0.458 e. The van der Waals surface area contributed by atoms with Gasteiger partial charge in [-0.2, -0.15) is 0 Å². The van der Waals surface area contributed by atoms with Crippen molar-refractivity contribution < 1.29 is 9.53 Å². The Morgan fingerprint density at radius 2 is 1.63 bits per heavy atom. The number of hydrogen-bond donors (Lipinski definition) is 0. The Balaban J connectivity index is 1.78. The minimum atomic E-state index is -0.229. The summed E-state index contributed by atoms with van der Waals surface area (Å²) in [4.78, 5) is 12.6. The van der Waals surface area contributed by atoms with Crippen molar-refractivity contribution in [3.63, 3.8) is 0 Å². The van der Waals surface area contributed by atoms with Crippen LogP contribution in [0.4, 0.5) is 0 Å². The molecule has 2 heteroatoms. The number of carbonyl (C=O) groups excluding carboxylic acids is 1. The quantitative estimate of drug-likeness (QED) is 0.209. The molecule has 27 heavy (non-hydrogen) atoms. The van der Waals surface area contributed by atoms with E-state index in [1.54, 1.807) is 0 Å². The number of fused-ring (bicyclic) bond motifs is 1. The highest BCUT2D eigenvalue weighted by atomic mass is 16.5. The molecule has 0 bridgehead atoms. The van der Waals surface area contributed by atoms with E-state index in [1.807, 2.05) is 48.5 Å². The zero-order valence-corrected chi connectivity index (χ0v) is 16.8. The van der Waals surface area contributed by atoms with Crippen LogP contribution in [-0.4, -0.2) is 12.1 Å². The Morgan fingerprint density at radius 1 is 0.963 bits per heavy atom. The van der Waals surface area contributed by atoms with Gasteiger partial charge in [-0.05, 0) is 35.7 Å². The van der Waals surface area contributed by atoms with Crippen molar-refractivity contribution in [2.75, 3.05) is 0 Å². The number of rotatable bonds is 13. The maximum atomic E-state index is 12.6. The fourth-order valence-corrected chi connectivity index (χ4v) is 3.45. The average molecular weight is 367 g/mol.